The Balaban J connectivity index is 1.28. The van der Waals surface area contributed by atoms with Gasteiger partial charge in [0.25, 0.3) is 0 Å². The predicted molar refractivity (Wildman–Crippen MR) is 133 cm³/mol. The van der Waals surface area contributed by atoms with Crippen LogP contribution < -0.4 is 10.6 Å². The molecule has 1 fully saturated rings. The maximum Gasteiger partial charge on any atom is 0.407 e. The van der Waals surface area contributed by atoms with E-state index in [1.165, 1.54) is 22.3 Å². The fourth-order valence-electron chi connectivity index (χ4n) is 5.33. The molecule has 2 aliphatic rings. The summed E-state index contributed by atoms with van der Waals surface area (Å²) in [6.45, 7) is 2.63. The van der Waals surface area contributed by atoms with Crippen LogP contribution >= 0.6 is 0 Å². The van der Waals surface area contributed by atoms with Gasteiger partial charge in [0.2, 0.25) is 5.91 Å². The van der Waals surface area contributed by atoms with Crippen molar-refractivity contribution in [2.75, 3.05) is 19.7 Å². The van der Waals surface area contributed by atoms with Gasteiger partial charge in [-0.05, 0) is 47.4 Å². The van der Waals surface area contributed by atoms with E-state index >= 15 is 0 Å². The second-order valence-electron chi connectivity index (χ2n) is 9.68. The lowest BCUT2D eigenvalue weighted by atomic mass is 9.78. The van der Waals surface area contributed by atoms with E-state index in [4.69, 9.17) is 9.84 Å². The first-order chi connectivity index (χ1) is 17.0. The summed E-state index contributed by atoms with van der Waals surface area (Å²) in [5.41, 5.74) is 4.71. The molecule has 0 aliphatic heterocycles. The molecule has 3 atom stereocenters. The van der Waals surface area contributed by atoms with Crippen molar-refractivity contribution < 1.29 is 24.2 Å². The second-order valence-corrected chi connectivity index (χ2v) is 9.68. The first-order valence-electron chi connectivity index (χ1n) is 12.5. The van der Waals surface area contributed by atoms with Crippen LogP contribution in [-0.2, 0) is 14.3 Å². The number of alkyl carbamates (subject to hydrolysis) is 1. The maximum atomic E-state index is 12.7. The summed E-state index contributed by atoms with van der Waals surface area (Å²) in [5.74, 6) is -1.54. The van der Waals surface area contributed by atoms with Gasteiger partial charge >= 0.3 is 12.1 Å². The monoisotopic (exact) mass is 478 g/mol. The highest BCUT2D eigenvalue weighted by Crippen LogP contribution is 2.44. The third-order valence-electron chi connectivity index (χ3n) is 7.40. The van der Waals surface area contributed by atoms with E-state index in [1.807, 2.05) is 24.3 Å². The summed E-state index contributed by atoms with van der Waals surface area (Å²) in [5, 5.41) is 14.8. The van der Waals surface area contributed by atoms with Gasteiger partial charge in [0.15, 0.2) is 0 Å². The molecule has 7 heteroatoms. The van der Waals surface area contributed by atoms with E-state index in [-0.39, 0.29) is 30.3 Å². The third-order valence-corrected chi connectivity index (χ3v) is 7.40. The van der Waals surface area contributed by atoms with Crippen LogP contribution in [0.25, 0.3) is 11.1 Å². The molecule has 0 radical (unpaired) electrons. The van der Waals surface area contributed by atoms with Crippen LogP contribution in [0, 0.1) is 17.8 Å². The smallest absolute Gasteiger partial charge is 0.407 e. The number of rotatable bonds is 9. The van der Waals surface area contributed by atoms with E-state index in [0.29, 0.717) is 19.5 Å². The van der Waals surface area contributed by atoms with Crippen molar-refractivity contribution in [3.8, 4) is 11.1 Å². The van der Waals surface area contributed by atoms with E-state index in [0.717, 1.165) is 25.7 Å². The second kappa shape index (κ2) is 11.4. The molecule has 1 saturated carbocycles. The van der Waals surface area contributed by atoms with Gasteiger partial charge in [-0.25, -0.2) is 4.79 Å². The van der Waals surface area contributed by atoms with Crippen molar-refractivity contribution in [1.82, 2.24) is 10.6 Å². The number of amides is 2. The number of benzene rings is 2. The lowest BCUT2D eigenvalue weighted by Gasteiger charge is -2.30. The predicted octanol–water partition coefficient (Wildman–Crippen LogP) is 4.56. The molecule has 2 aromatic carbocycles. The van der Waals surface area contributed by atoms with Gasteiger partial charge in [-0.1, -0.05) is 68.3 Å². The van der Waals surface area contributed by atoms with Crippen LogP contribution in [0.1, 0.15) is 56.1 Å². The highest BCUT2D eigenvalue weighted by Gasteiger charge is 2.32. The van der Waals surface area contributed by atoms with Crippen molar-refractivity contribution in [2.45, 2.75) is 44.9 Å². The zero-order valence-electron chi connectivity index (χ0n) is 20.2. The van der Waals surface area contributed by atoms with Gasteiger partial charge < -0.3 is 20.5 Å². The lowest BCUT2D eigenvalue weighted by Crippen LogP contribution is -2.42. The van der Waals surface area contributed by atoms with Crippen molar-refractivity contribution in [1.29, 1.82) is 0 Å². The Morgan fingerprint density at radius 1 is 0.971 bits per heavy atom. The number of carbonyl (C=O) groups is 3. The van der Waals surface area contributed by atoms with Crippen LogP contribution in [0.2, 0.25) is 0 Å². The lowest BCUT2D eigenvalue weighted by molar-refractivity contribution is -0.141. The summed E-state index contributed by atoms with van der Waals surface area (Å²) in [4.78, 5) is 36.3. The molecule has 4 rings (SSSR count). The third kappa shape index (κ3) is 5.84. The highest BCUT2D eigenvalue weighted by atomic mass is 16.5. The molecule has 0 aromatic heterocycles. The average Bonchev–Trinajstić information content (AvgIpc) is 3.20. The number of hydrogen-bond donors (Lipinski definition) is 3. The largest absolute Gasteiger partial charge is 0.481 e. The molecule has 7 nitrogen and oxygen atoms in total. The summed E-state index contributed by atoms with van der Waals surface area (Å²) < 4.78 is 5.63. The number of fused-ring (bicyclic) bond motifs is 3. The number of nitrogens with one attached hydrogen (secondary N) is 2. The standard InChI is InChI=1S/C28H34N2O5/c1-18(27(32)33)14-15-29-26(31)20-9-3-2-8-19(20)16-30-28(34)35-17-25-23-12-6-4-10-21(23)22-11-5-7-13-24(22)25/h4-7,10-13,18-20,25H,2-3,8-9,14-17H2,1H3,(H,29,31)(H,30,34)(H,32,33). The SMILES string of the molecule is CC(CCNC(=O)C1CCCCC1CNC(=O)OCC1c2ccccc2-c2ccccc21)C(=O)O. The molecule has 3 unspecified atom stereocenters. The topological polar surface area (TPSA) is 105 Å². The van der Waals surface area contributed by atoms with Crippen LogP contribution in [0.5, 0.6) is 0 Å². The van der Waals surface area contributed by atoms with E-state index < -0.39 is 18.0 Å². The van der Waals surface area contributed by atoms with Gasteiger partial charge in [0.1, 0.15) is 6.61 Å². The molecule has 3 N–H and O–H groups in total. The molecule has 0 saturated heterocycles. The molecule has 2 amide bonds. The first-order valence-corrected chi connectivity index (χ1v) is 12.5. The number of carbonyl (C=O) groups excluding carboxylic acids is 2. The Kier molecular flexibility index (Phi) is 8.06. The average molecular weight is 479 g/mol. The number of aliphatic carboxylic acids is 1. The molecule has 0 spiro atoms. The molecule has 35 heavy (non-hydrogen) atoms. The molecule has 186 valence electrons. The maximum absolute atomic E-state index is 12.7. The Labute approximate surface area is 206 Å². The first kappa shape index (κ1) is 24.8. The highest BCUT2D eigenvalue weighted by molar-refractivity contribution is 5.80. The number of ether oxygens (including phenoxy) is 1. The van der Waals surface area contributed by atoms with Crippen LogP contribution in [0.15, 0.2) is 48.5 Å². The van der Waals surface area contributed by atoms with Gasteiger partial charge in [-0.15, -0.1) is 0 Å². The Hall–Kier alpha value is -3.35. The van der Waals surface area contributed by atoms with Crippen LogP contribution in [0.4, 0.5) is 4.79 Å². The summed E-state index contributed by atoms with van der Waals surface area (Å²) >= 11 is 0. The minimum atomic E-state index is -0.859. The van der Waals surface area contributed by atoms with Crippen molar-refractivity contribution in [3.05, 3.63) is 59.7 Å². The molecule has 2 aliphatic carbocycles. The van der Waals surface area contributed by atoms with Gasteiger partial charge in [-0.2, -0.15) is 0 Å². The van der Waals surface area contributed by atoms with E-state index in [1.54, 1.807) is 6.92 Å². The summed E-state index contributed by atoms with van der Waals surface area (Å²) in [6, 6.07) is 16.4. The number of hydrogen-bond acceptors (Lipinski definition) is 4. The Morgan fingerprint density at radius 3 is 2.26 bits per heavy atom. The molecular weight excluding hydrogens is 444 g/mol. The minimum Gasteiger partial charge on any atom is -0.481 e. The van der Waals surface area contributed by atoms with E-state index in [9.17, 15) is 14.4 Å². The number of carboxylic acid groups (broad SMARTS) is 1. The molecule has 0 heterocycles. The van der Waals surface area contributed by atoms with Crippen LogP contribution in [0.3, 0.4) is 0 Å². The molecule has 2 aromatic rings. The zero-order chi connectivity index (χ0) is 24.8. The fraction of sp³-hybridized carbons (Fsp3) is 0.464. The van der Waals surface area contributed by atoms with Gasteiger partial charge in [0.05, 0.1) is 5.92 Å². The quantitative estimate of drug-likeness (QED) is 0.490. The normalized spacial score (nSPS) is 19.8. The molecule has 0 bridgehead atoms. The fourth-order valence-corrected chi connectivity index (χ4v) is 5.33. The van der Waals surface area contributed by atoms with E-state index in [2.05, 4.69) is 34.9 Å². The Bertz CT molecular complexity index is 1020. The van der Waals surface area contributed by atoms with Crippen molar-refractivity contribution >= 4 is 18.0 Å². The zero-order valence-corrected chi connectivity index (χ0v) is 20.2. The minimum absolute atomic E-state index is 0.00884. The summed E-state index contributed by atoms with van der Waals surface area (Å²) in [6.07, 6.45) is 3.58. The van der Waals surface area contributed by atoms with Crippen LogP contribution in [-0.4, -0.2) is 42.8 Å². The van der Waals surface area contributed by atoms with Gasteiger partial charge in [-0.3, -0.25) is 9.59 Å². The summed E-state index contributed by atoms with van der Waals surface area (Å²) in [7, 11) is 0. The van der Waals surface area contributed by atoms with Crippen molar-refractivity contribution in [3.63, 3.8) is 0 Å². The van der Waals surface area contributed by atoms with Crippen molar-refractivity contribution in [2.24, 2.45) is 17.8 Å². The number of carboxylic acids is 1. The Morgan fingerprint density at radius 2 is 1.60 bits per heavy atom. The van der Waals surface area contributed by atoms with Gasteiger partial charge in [0, 0.05) is 24.9 Å². The molecular formula is C28H34N2O5.